The number of hydrogen-bond acceptors (Lipinski definition) is 5. The molecule has 0 bridgehead atoms. The van der Waals surface area contributed by atoms with Gasteiger partial charge in [0.25, 0.3) is 0 Å². The van der Waals surface area contributed by atoms with E-state index in [1.54, 1.807) is 0 Å². The lowest BCUT2D eigenvalue weighted by Crippen LogP contribution is -2.41. The molecule has 1 aliphatic rings. The summed E-state index contributed by atoms with van der Waals surface area (Å²) >= 11 is 2.07. The average Bonchev–Trinajstić information content (AvgIpc) is 2.37. The molecular formula is C15H26N4S. The minimum absolute atomic E-state index is 0.343. The van der Waals surface area contributed by atoms with Gasteiger partial charge < -0.3 is 10.2 Å². The van der Waals surface area contributed by atoms with Crippen molar-refractivity contribution < 1.29 is 0 Å². The predicted octanol–water partition coefficient (Wildman–Crippen LogP) is 3.28. The molecule has 5 heteroatoms. The fourth-order valence-corrected chi connectivity index (χ4v) is 4.01. The predicted molar refractivity (Wildman–Crippen MR) is 89.1 cm³/mol. The van der Waals surface area contributed by atoms with Crippen LogP contribution < -0.4 is 10.2 Å². The lowest BCUT2D eigenvalue weighted by molar-refractivity contribution is 0.699. The van der Waals surface area contributed by atoms with Gasteiger partial charge in [-0.15, -0.1) is 0 Å². The molecule has 4 nitrogen and oxygen atoms in total. The summed E-state index contributed by atoms with van der Waals surface area (Å²) in [5.74, 6) is 3.33. The van der Waals surface area contributed by atoms with Crippen molar-refractivity contribution in [3.8, 4) is 0 Å². The van der Waals surface area contributed by atoms with Gasteiger partial charge in [-0.25, -0.2) is 9.97 Å². The van der Waals surface area contributed by atoms with Gasteiger partial charge in [-0.1, -0.05) is 27.7 Å². The molecule has 0 amide bonds. The van der Waals surface area contributed by atoms with E-state index in [0.717, 1.165) is 36.1 Å². The Bertz CT molecular complexity index is 465. The second-order valence-electron chi connectivity index (χ2n) is 5.95. The van der Waals surface area contributed by atoms with Crippen LogP contribution in [0, 0.1) is 6.92 Å². The molecule has 112 valence electrons. The molecule has 1 saturated heterocycles. The number of nitrogens with zero attached hydrogens (tertiary/aromatic N) is 3. The van der Waals surface area contributed by atoms with Gasteiger partial charge in [-0.3, -0.25) is 0 Å². The summed E-state index contributed by atoms with van der Waals surface area (Å²) in [5, 5.41) is 4.50. The quantitative estimate of drug-likeness (QED) is 0.926. The molecule has 0 aromatic carbocycles. The Labute approximate surface area is 126 Å². The number of hydrogen-bond donors (Lipinski definition) is 1. The van der Waals surface area contributed by atoms with Crippen LogP contribution in [-0.4, -0.2) is 40.6 Å². The highest BCUT2D eigenvalue weighted by Crippen LogP contribution is 2.32. The van der Waals surface area contributed by atoms with Crippen LogP contribution in [-0.2, 0) is 0 Å². The normalized spacial score (nSPS) is 23.2. The van der Waals surface area contributed by atoms with Crippen LogP contribution >= 0.6 is 11.8 Å². The third-order valence-electron chi connectivity index (χ3n) is 3.61. The highest BCUT2D eigenvalue weighted by molar-refractivity contribution is 8.00. The maximum Gasteiger partial charge on any atom is 0.137 e. The third kappa shape index (κ3) is 3.19. The SMILES string of the molecule is CNc1nc(C(C)C)nc(N2CC(C)SC(C)C2)c1C. The molecule has 1 fully saturated rings. The Kier molecular flexibility index (Phi) is 4.78. The summed E-state index contributed by atoms with van der Waals surface area (Å²) in [7, 11) is 1.93. The van der Waals surface area contributed by atoms with E-state index in [9.17, 15) is 0 Å². The molecule has 2 rings (SSSR count). The van der Waals surface area contributed by atoms with E-state index >= 15 is 0 Å². The van der Waals surface area contributed by atoms with E-state index in [1.165, 1.54) is 0 Å². The van der Waals surface area contributed by atoms with Gasteiger partial charge in [0, 0.05) is 42.1 Å². The van der Waals surface area contributed by atoms with Crippen LogP contribution in [0.2, 0.25) is 0 Å². The van der Waals surface area contributed by atoms with Gasteiger partial charge in [-0.05, 0) is 6.92 Å². The van der Waals surface area contributed by atoms with E-state index in [0.29, 0.717) is 16.4 Å². The fraction of sp³-hybridized carbons (Fsp3) is 0.733. The van der Waals surface area contributed by atoms with Crippen LogP contribution in [0.5, 0.6) is 0 Å². The van der Waals surface area contributed by atoms with Crippen molar-refractivity contribution in [3.05, 3.63) is 11.4 Å². The molecule has 1 N–H and O–H groups in total. The fourth-order valence-electron chi connectivity index (χ4n) is 2.68. The van der Waals surface area contributed by atoms with Gasteiger partial charge in [0.15, 0.2) is 0 Å². The van der Waals surface area contributed by atoms with Crippen LogP contribution in [0.4, 0.5) is 11.6 Å². The molecule has 0 radical (unpaired) electrons. The van der Waals surface area contributed by atoms with Gasteiger partial charge in [0.1, 0.15) is 17.5 Å². The lowest BCUT2D eigenvalue weighted by Gasteiger charge is -2.36. The topological polar surface area (TPSA) is 41.1 Å². The first kappa shape index (κ1) is 15.4. The Morgan fingerprint density at radius 1 is 1.20 bits per heavy atom. The first-order valence-corrected chi connectivity index (χ1v) is 8.33. The second-order valence-corrected chi connectivity index (χ2v) is 7.83. The number of nitrogens with one attached hydrogen (secondary N) is 1. The molecule has 0 aliphatic carbocycles. The van der Waals surface area contributed by atoms with Gasteiger partial charge >= 0.3 is 0 Å². The van der Waals surface area contributed by atoms with Crippen molar-refractivity contribution in [1.29, 1.82) is 0 Å². The maximum absolute atomic E-state index is 4.84. The summed E-state index contributed by atoms with van der Waals surface area (Å²) in [6.07, 6.45) is 0. The number of rotatable bonds is 3. The first-order chi connectivity index (χ1) is 9.42. The van der Waals surface area contributed by atoms with Crippen molar-refractivity contribution in [2.24, 2.45) is 0 Å². The van der Waals surface area contributed by atoms with E-state index < -0.39 is 0 Å². The third-order valence-corrected chi connectivity index (χ3v) is 4.84. The van der Waals surface area contributed by atoms with Crippen LogP contribution in [0.3, 0.4) is 0 Å². The minimum atomic E-state index is 0.343. The summed E-state index contributed by atoms with van der Waals surface area (Å²) in [6.45, 7) is 13.1. The Balaban J connectivity index is 2.41. The van der Waals surface area contributed by atoms with Crippen LogP contribution in [0.25, 0.3) is 0 Å². The Morgan fingerprint density at radius 2 is 1.80 bits per heavy atom. The standard InChI is InChI=1S/C15H26N4S/c1-9(2)13-17-14(16-6)12(5)15(18-13)19-7-10(3)20-11(4)8-19/h9-11H,7-8H2,1-6H3,(H,16,17,18). The van der Waals surface area contributed by atoms with Crippen molar-refractivity contribution in [2.75, 3.05) is 30.4 Å². The molecule has 1 aromatic rings. The lowest BCUT2D eigenvalue weighted by atomic mass is 10.2. The summed E-state index contributed by atoms with van der Waals surface area (Å²) in [6, 6.07) is 0. The van der Waals surface area contributed by atoms with E-state index in [1.807, 2.05) is 7.05 Å². The largest absolute Gasteiger partial charge is 0.373 e. The van der Waals surface area contributed by atoms with Gasteiger partial charge in [0.2, 0.25) is 0 Å². The molecule has 1 aliphatic heterocycles. The zero-order valence-electron chi connectivity index (χ0n) is 13.4. The molecular weight excluding hydrogens is 268 g/mol. The number of thioether (sulfide) groups is 1. The Hall–Kier alpha value is -0.970. The van der Waals surface area contributed by atoms with E-state index in [-0.39, 0.29) is 0 Å². The van der Waals surface area contributed by atoms with Gasteiger partial charge in [0.05, 0.1) is 0 Å². The maximum atomic E-state index is 4.84. The number of anilines is 2. The zero-order valence-corrected chi connectivity index (χ0v) is 14.2. The number of aromatic nitrogens is 2. The molecule has 2 heterocycles. The second kappa shape index (κ2) is 6.20. The van der Waals surface area contributed by atoms with Crippen molar-refractivity contribution in [3.63, 3.8) is 0 Å². The molecule has 0 spiro atoms. The van der Waals surface area contributed by atoms with Crippen molar-refractivity contribution in [1.82, 2.24) is 9.97 Å². The first-order valence-electron chi connectivity index (χ1n) is 7.39. The molecule has 1 aromatic heterocycles. The van der Waals surface area contributed by atoms with Crippen molar-refractivity contribution in [2.45, 2.75) is 51.0 Å². The smallest absolute Gasteiger partial charge is 0.137 e. The molecule has 2 atom stereocenters. The highest BCUT2D eigenvalue weighted by atomic mass is 32.2. The van der Waals surface area contributed by atoms with Gasteiger partial charge in [-0.2, -0.15) is 11.8 Å². The molecule has 2 unspecified atom stereocenters. The van der Waals surface area contributed by atoms with Crippen LogP contribution in [0.15, 0.2) is 0 Å². The highest BCUT2D eigenvalue weighted by Gasteiger charge is 2.26. The monoisotopic (exact) mass is 294 g/mol. The van der Waals surface area contributed by atoms with Crippen LogP contribution in [0.1, 0.15) is 45.0 Å². The Morgan fingerprint density at radius 3 is 2.30 bits per heavy atom. The average molecular weight is 294 g/mol. The summed E-state index contributed by atoms with van der Waals surface area (Å²) in [4.78, 5) is 11.9. The van der Waals surface area contributed by atoms with E-state index in [2.05, 4.69) is 61.6 Å². The molecule has 0 saturated carbocycles. The molecule has 20 heavy (non-hydrogen) atoms. The summed E-state index contributed by atoms with van der Waals surface area (Å²) < 4.78 is 0. The summed E-state index contributed by atoms with van der Waals surface area (Å²) in [5.41, 5.74) is 1.16. The van der Waals surface area contributed by atoms with E-state index in [4.69, 9.17) is 4.98 Å². The van der Waals surface area contributed by atoms with Crippen molar-refractivity contribution >= 4 is 23.4 Å². The minimum Gasteiger partial charge on any atom is -0.373 e. The zero-order chi connectivity index (χ0) is 14.9.